The number of carbonyl (C=O) groups excluding carboxylic acids is 1. The molecule has 0 amide bonds. The molecule has 0 rings (SSSR count). The fourth-order valence-corrected chi connectivity index (χ4v) is 0. The molecule has 6 heteroatoms. The second-order valence-corrected chi connectivity index (χ2v) is 2.40. The topological polar surface area (TPSA) is 40.1 Å². The number of aliphatic carboxylic acids is 1. The Balaban J connectivity index is 0. The van der Waals surface area contributed by atoms with Crippen LogP contribution < -0.4 is 5.11 Å². The number of hydrogen-bond acceptors (Lipinski definition) is 2. The van der Waals surface area contributed by atoms with Gasteiger partial charge in [-0.2, -0.15) is 13.2 Å². The molecule has 0 saturated heterocycles. The van der Waals surface area contributed by atoms with Gasteiger partial charge in [0.1, 0.15) is 5.97 Å². The third-order valence-corrected chi connectivity index (χ3v) is 1.36. The summed E-state index contributed by atoms with van der Waals surface area (Å²) in [5, 5.41) is 8.78. The Morgan fingerprint density at radius 1 is 1.58 bits per heavy atom. The first-order chi connectivity index (χ1) is 5.21. The number of carbonyl (C=O) groups is 1. The number of rotatable bonds is 1. The van der Waals surface area contributed by atoms with Crippen molar-refractivity contribution in [1.82, 2.24) is 0 Å². The molecule has 74 valence electrons. The molecule has 0 atom stereocenters. The molecule has 0 heterocycles. The van der Waals surface area contributed by atoms with Crippen LogP contribution in [-0.2, 0) is 24.0 Å². The molecule has 0 aliphatic carbocycles. The van der Waals surface area contributed by atoms with E-state index in [1.54, 1.807) is 0 Å². The van der Waals surface area contributed by atoms with Crippen LogP contribution in [0.15, 0.2) is 12.2 Å². The van der Waals surface area contributed by atoms with Crippen molar-refractivity contribution in [2.75, 3.05) is 0 Å². The first kappa shape index (κ1) is 14.2. The quantitative estimate of drug-likeness (QED) is 0.525. The predicted octanol–water partition coefficient (Wildman–Crippen LogP) is 0.826. The standard InChI is InChI=1S/C4H7.C2HF3O2.Pd/c1-4(2)3;3-2(4,5)1(6)7;/h1-2H2,3H3;(H,6,7);/q;;+1/p-1. The van der Waals surface area contributed by atoms with Gasteiger partial charge in [-0.25, -0.2) is 0 Å². The summed E-state index contributed by atoms with van der Waals surface area (Å²) in [6.07, 6.45) is -5.19. The second-order valence-electron chi connectivity index (χ2n) is 1.85. The van der Waals surface area contributed by atoms with Gasteiger partial charge in [-0.3, -0.25) is 0 Å². The van der Waals surface area contributed by atoms with Crippen molar-refractivity contribution >= 4 is 5.97 Å². The summed E-state index contributed by atoms with van der Waals surface area (Å²) in [7, 11) is 0. The molecule has 2 nitrogen and oxygen atoms in total. The van der Waals surface area contributed by atoms with E-state index in [1.165, 1.54) is 5.57 Å². The van der Waals surface area contributed by atoms with Crippen LogP contribution in [0, 0.1) is 0 Å². The summed E-state index contributed by atoms with van der Waals surface area (Å²) in [6.45, 7) is 5.63. The van der Waals surface area contributed by atoms with Crippen LogP contribution in [0.25, 0.3) is 0 Å². The molecule has 0 unspecified atom stereocenters. The molecule has 0 saturated carbocycles. The smallest absolute Gasteiger partial charge is 0.430 e. The van der Waals surface area contributed by atoms with Crippen molar-refractivity contribution in [2.45, 2.75) is 18.0 Å². The minimum Gasteiger partial charge on any atom is -0.542 e. The van der Waals surface area contributed by atoms with Crippen molar-refractivity contribution in [2.24, 2.45) is 0 Å². The zero-order chi connectivity index (χ0) is 10.4. The molecule has 0 aliphatic heterocycles. The van der Waals surface area contributed by atoms with Gasteiger partial charge in [-0.1, -0.05) is 0 Å². The molecule has 0 aromatic rings. The molecule has 0 spiro atoms. The number of carboxylic acid groups (broad SMARTS) is 1. The maximum Gasteiger partial charge on any atom is 0.430 e. The van der Waals surface area contributed by atoms with Crippen molar-refractivity contribution in [3.63, 3.8) is 0 Å². The molecule has 0 aromatic heterocycles. The summed E-state index contributed by atoms with van der Waals surface area (Å²) in [5.41, 5.74) is 1.19. The number of hydrogen-bond donors (Lipinski definition) is 0. The Morgan fingerprint density at radius 3 is 1.75 bits per heavy atom. The van der Waals surface area contributed by atoms with E-state index in [1.807, 2.05) is 6.92 Å². The van der Waals surface area contributed by atoms with Crippen molar-refractivity contribution in [3.8, 4) is 0 Å². The molecule has 0 aromatic carbocycles. The van der Waals surface area contributed by atoms with Gasteiger partial charge in [0, 0.05) is 0 Å². The molecule has 0 radical (unpaired) electrons. The Hall–Kier alpha value is -0.338. The molecular weight excluding hydrogens is 267 g/mol. The van der Waals surface area contributed by atoms with Crippen molar-refractivity contribution < 1.29 is 42.3 Å². The fourth-order valence-electron chi connectivity index (χ4n) is 0. The van der Waals surface area contributed by atoms with E-state index in [4.69, 9.17) is 9.90 Å². The van der Waals surface area contributed by atoms with Gasteiger partial charge in [0.2, 0.25) is 0 Å². The number of carboxylic acids is 1. The molecule has 0 bridgehead atoms. The number of alkyl halides is 3. The first-order valence-electron chi connectivity index (χ1n) is 2.66. The van der Waals surface area contributed by atoms with Crippen LogP contribution in [0.3, 0.4) is 0 Å². The zero-order valence-corrected chi connectivity index (χ0v) is 7.74. The van der Waals surface area contributed by atoms with E-state index >= 15 is 0 Å². The Morgan fingerprint density at radius 2 is 1.75 bits per heavy atom. The molecule has 0 aliphatic rings. The van der Waals surface area contributed by atoms with Crippen molar-refractivity contribution in [3.05, 3.63) is 12.2 Å². The SMILES string of the molecule is C=C(C)[CH2][Pd+].O=C([O-])C(F)(F)F. The largest absolute Gasteiger partial charge is 0.542 e. The fraction of sp³-hybridized carbons (Fsp3) is 0.500. The van der Waals surface area contributed by atoms with Gasteiger partial charge < -0.3 is 9.90 Å². The third-order valence-electron chi connectivity index (χ3n) is 0.422. The normalized spacial score (nSPS) is 9.83. The van der Waals surface area contributed by atoms with Crippen LogP contribution in [-0.4, -0.2) is 12.1 Å². The maximum absolute atomic E-state index is 10.5. The van der Waals surface area contributed by atoms with Crippen LogP contribution in [0.5, 0.6) is 0 Å². The van der Waals surface area contributed by atoms with Crippen LogP contribution in [0.2, 0.25) is 4.89 Å². The number of halogens is 3. The van der Waals surface area contributed by atoms with Crippen LogP contribution in [0.4, 0.5) is 13.2 Å². The van der Waals surface area contributed by atoms with Gasteiger partial charge in [0.05, 0.1) is 0 Å². The van der Waals surface area contributed by atoms with E-state index < -0.39 is 12.1 Å². The van der Waals surface area contributed by atoms with Crippen LogP contribution >= 0.6 is 0 Å². The second kappa shape index (κ2) is 6.21. The van der Waals surface area contributed by atoms with E-state index in [0.29, 0.717) is 0 Å². The summed E-state index contributed by atoms with van der Waals surface area (Å²) in [5.74, 6) is -3.01. The minimum atomic E-state index is -5.19. The molecule has 0 fully saturated rings. The molecular formula is C6H7F3O2Pd. The molecule has 12 heavy (non-hydrogen) atoms. The van der Waals surface area contributed by atoms with Gasteiger partial charge in [0.15, 0.2) is 0 Å². The van der Waals surface area contributed by atoms with Crippen molar-refractivity contribution in [1.29, 1.82) is 0 Å². The monoisotopic (exact) mass is 274 g/mol. The first-order valence-corrected chi connectivity index (χ1v) is 3.76. The van der Waals surface area contributed by atoms with E-state index in [-0.39, 0.29) is 0 Å². The predicted molar refractivity (Wildman–Crippen MR) is 30.7 cm³/mol. The van der Waals surface area contributed by atoms with Gasteiger partial charge in [-0.05, 0) is 0 Å². The van der Waals surface area contributed by atoms with E-state index in [9.17, 15) is 13.2 Å². The Labute approximate surface area is 78.9 Å². The summed E-state index contributed by atoms with van der Waals surface area (Å²) in [4.78, 5) is 9.75. The summed E-state index contributed by atoms with van der Waals surface area (Å²) >= 11 is 2.99. The zero-order valence-electron chi connectivity index (χ0n) is 6.18. The average Bonchev–Trinajstić information content (AvgIpc) is 1.87. The Bertz CT molecular complexity index is 165. The number of allylic oxidation sites excluding steroid dienone is 1. The Kier molecular flexibility index (Phi) is 7.35. The summed E-state index contributed by atoms with van der Waals surface area (Å²) < 4.78 is 31.5. The van der Waals surface area contributed by atoms with Crippen LogP contribution in [0.1, 0.15) is 6.92 Å². The maximum atomic E-state index is 10.5. The minimum absolute atomic E-state index is 0.961. The summed E-state index contributed by atoms with van der Waals surface area (Å²) in [6, 6.07) is 0. The van der Waals surface area contributed by atoms with Gasteiger partial charge in [-0.15, -0.1) is 0 Å². The van der Waals surface area contributed by atoms with Gasteiger partial charge in [0.25, 0.3) is 0 Å². The third kappa shape index (κ3) is 12.3. The average molecular weight is 275 g/mol. The van der Waals surface area contributed by atoms with E-state index in [0.717, 1.165) is 4.89 Å². The molecule has 0 N–H and O–H groups in total. The van der Waals surface area contributed by atoms with Gasteiger partial charge >= 0.3 is 49.3 Å². The van der Waals surface area contributed by atoms with E-state index in [2.05, 4.69) is 25.8 Å².